The van der Waals surface area contributed by atoms with Crippen molar-refractivity contribution in [2.75, 3.05) is 7.11 Å². The molecule has 18 heavy (non-hydrogen) atoms. The minimum atomic E-state index is -0.286. The zero-order chi connectivity index (χ0) is 13.3. The minimum absolute atomic E-state index is 0.0105. The normalized spacial score (nSPS) is 25.2. The summed E-state index contributed by atoms with van der Waals surface area (Å²) < 4.78 is 10.9. The maximum Gasteiger partial charge on any atom is 0.138 e. The van der Waals surface area contributed by atoms with E-state index in [1.165, 1.54) is 0 Å². The lowest BCUT2D eigenvalue weighted by molar-refractivity contribution is 0.0533. The molecule has 0 aromatic heterocycles. The van der Waals surface area contributed by atoms with Crippen LogP contribution in [0.15, 0.2) is 12.1 Å². The van der Waals surface area contributed by atoms with Crippen molar-refractivity contribution in [2.45, 2.75) is 37.4 Å². The van der Waals surface area contributed by atoms with Crippen LogP contribution in [0.4, 0.5) is 0 Å². The molecule has 1 saturated heterocycles. The fraction of sp³-hybridized carbons (Fsp3) is 0.538. The van der Waals surface area contributed by atoms with Gasteiger partial charge < -0.3 is 9.47 Å². The van der Waals surface area contributed by atoms with Crippen LogP contribution >= 0.6 is 34.8 Å². The quantitative estimate of drug-likeness (QED) is 0.743. The summed E-state index contributed by atoms with van der Waals surface area (Å²) in [5, 5.41) is 0.777. The lowest BCUT2D eigenvalue weighted by Crippen LogP contribution is -2.15. The summed E-state index contributed by atoms with van der Waals surface area (Å²) in [6.45, 7) is 2.05. The van der Waals surface area contributed by atoms with Crippen molar-refractivity contribution in [3.05, 3.63) is 27.7 Å². The molecule has 3 atom stereocenters. The Labute approximate surface area is 122 Å². The van der Waals surface area contributed by atoms with Crippen molar-refractivity contribution in [1.82, 2.24) is 0 Å². The maximum atomic E-state index is 6.44. The van der Waals surface area contributed by atoms with E-state index in [1.807, 2.05) is 6.92 Å². The van der Waals surface area contributed by atoms with E-state index < -0.39 is 0 Å². The van der Waals surface area contributed by atoms with E-state index in [4.69, 9.17) is 44.3 Å². The lowest BCUT2D eigenvalue weighted by atomic mass is 10.0. The van der Waals surface area contributed by atoms with Crippen molar-refractivity contribution < 1.29 is 9.47 Å². The van der Waals surface area contributed by atoms with E-state index in [2.05, 4.69) is 0 Å². The summed E-state index contributed by atoms with van der Waals surface area (Å²) in [7, 11) is 1.55. The molecule has 2 nitrogen and oxygen atoms in total. The molecular formula is C13H15Cl3O2. The number of hydrogen-bond donors (Lipinski definition) is 0. The van der Waals surface area contributed by atoms with Crippen LogP contribution in [0.3, 0.4) is 0 Å². The second-order valence-corrected chi connectivity index (χ2v) is 5.76. The van der Waals surface area contributed by atoms with Gasteiger partial charge in [-0.3, -0.25) is 0 Å². The van der Waals surface area contributed by atoms with Crippen LogP contribution in [0.5, 0.6) is 5.75 Å². The number of methoxy groups -OCH3 is 1. The summed E-state index contributed by atoms with van der Waals surface area (Å²) >= 11 is 18.8. The maximum absolute atomic E-state index is 6.44. The molecule has 1 aromatic carbocycles. The first-order valence-corrected chi connectivity index (χ1v) is 7.04. The lowest BCUT2D eigenvalue weighted by Gasteiger charge is -2.20. The summed E-state index contributed by atoms with van der Waals surface area (Å²) in [5.74, 6) is 0.551. The molecule has 1 fully saturated rings. The van der Waals surface area contributed by atoms with Crippen LogP contribution in [-0.4, -0.2) is 19.3 Å². The number of rotatable bonds is 3. The third kappa shape index (κ3) is 2.88. The van der Waals surface area contributed by atoms with E-state index in [-0.39, 0.29) is 17.6 Å². The third-order valence-corrected chi connectivity index (χ3v) is 4.30. The van der Waals surface area contributed by atoms with E-state index in [9.17, 15) is 0 Å². The van der Waals surface area contributed by atoms with Gasteiger partial charge >= 0.3 is 0 Å². The SMILES string of the molecule is COc1cc(Cl)c(C(Cl)C2CCC(C)O2)cc1Cl. The van der Waals surface area contributed by atoms with Crippen molar-refractivity contribution >= 4 is 34.8 Å². The minimum Gasteiger partial charge on any atom is -0.495 e. The molecule has 0 radical (unpaired) electrons. The van der Waals surface area contributed by atoms with Gasteiger partial charge in [-0.2, -0.15) is 0 Å². The Hall–Kier alpha value is -0.150. The van der Waals surface area contributed by atoms with Crippen molar-refractivity contribution in [2.24, 2.45) is 0 Å². The van der Waals surface area contributed by atoms with Gasteiger partial charge in [0.1, 0.15) is 5.75 Å². The second-order valence-electron chi connectivity index (χ2n) is 4.47. The predicted molar refractivity (Wildman–Crippen MR) is 75.2 cm³/mol. The Morgan fingerprint density at radius 1 is 1.28 bits per heavy atom. The number of benzene rings is 1. The Bertz CT molecular complexity index is 436. The monoisotopic (exact) mass is 308 g/mol. The van der Waals surface area contributed by atoms with Crippen molar-refractivity contribution in [3.63, 3.8) is 0 Å². The smallest absolute Gasteiger partial charge is 0.138 e. The van der Waals surface area contributed by atoms with Crippen LogP contribution in [0.2, 0.25) is 10.0 Å². The molecule has 0 aliphatic carbocycles. The zero-order valence-electron chi connectivity index (χ0n) is 10.3. The highest BCUT2D eigenvalue weighted by Crippen LogP contribution is 2.41. The van der Waals surface area contributed by atoms with E-state index in [0.717, 1.165) is 18.4 Å². The Morgan fingerprint density at radius 2 is 2.00 bits per heavy atom. The average molecular weight is 310 g/mol. The summed E-state index contributed by atoms with van der Waals surface area (Å²) in [6, 6.07) is 3.44. The summed E-state index contributed by atoms with van der Waals surface area (Å²) in [6.07, 6.45) is 2.21. The van der Waals surface area contributed by atoms with Gasteiger partial charge in [-0.1, -0.05) is 23.2 Å². The Kier molecular flexibility index (Phi) is 4.65. The first-order chi connectivity index (χ1) is 8.52. The average Bonchev–Trinajstić information content (AvgIpc) is 2.77. The van der Waals surface area contributed by atoms with E-state index in [1.54, 1.807) is 19.2 Å². The van der Waals surface area contributed by atoms with Crippen LogP contribution in [0.25, 0.3) is 0 Å². The summed E-state index contributed by atoms with van der Waals surface area (Å²) in [4.78, 5) is 0. The highest BCUT2D eigenvalue weighted by molar-refractivity contribution is 6.35. The Morgan fingerprint density at radius 3 is 2.56 bits per heavy atom. The van der Waals surface area contributed by atoms with Gasteiger partial charge in [-0.15, -0.1) is 11.6 Å². The first kappa shape index (κ1) is 14.3. The fourth-order valence-corrected chi connectivity index (χ4v) is 3.10. The largest absolute Gasteiger partial charge is 0.495 e. The molecular weight excluding hydrogens is 294 g/mol. The molecule has 1 aliphatic rings. The summed E-state index contributed by atoms with van der Waals surface area (Å²) in [5.41, 5.74) is 0.795. The molecule has 0 N–H and O–H groups in total. The molecule has 0 saturated carbocycles. The van der Waals surface area contributed by atoms with Crippen LogP contribution < -0.4 is 4.74 Å². The van der Waals surface area contributed by atoms with Crippen molar-refractivity contribution in [3.8, 4) is 5.75 Å². The van der Waals surface area contributed by atoms with E-state index in [0.29, 0.717) is 15.8 Å². The molecule has 0 bridgehead atoms. The highest BCUT2D eigenvalue weighted by Gasteiger charge is 2.31. The standard InChI is InChI=1S/C13H15Cl3O2/c1-7-3-4-11(18-7)13(16)8-5-10(15)12(17-2)6-9(8)14/h5-7,11,13H,3-4H2,1-2H3. The molecule has 1 aliphatic heterocycles. The van der Waals surface area contributed by atoms with Gasteiger partial charge in [0, 0.05) is 11.1 Å². The van der Waals surface area contributed by atoms with Gasteiger partial charge in [0.25, 0.3) is 0 Å². The third-order valence-electron chi connectivity index (χ3n) is 3.16. The molecule has 100 valence electrons. The predicted octanol–water partition coefficient (Wildman–Crippen LogP) is 4.85. The van der Waals surface area contributed by atoms with Crippen LogP contribution in [0, 0.1) is 0 Å². The molecule has 5 heteroatoms. The number of hydrogen-bond acceptors (Lipinski definition) is 2. The van der Waals surface area contributed by atoms with Crippen LogP contribution in [0.1, 0.15) is 30.7 Å². The molecule has 0 spiro atoms. The van der Waals surface area contributed by atoms with Gasteiger partial charge in [0.2, 0.25) is 0 Å². The van der Waals surface area contributed by atoms with Crippen molar-refractivity contribution in [1.29, 1.82) is 0 Å². The Balaban J connectivity index is 2.25. The first-order valence-electron chi connectivity index (χ1n) is 5.85. The van der Waals surface area contributed by atoms with E-state index >= 15 is 0 Å². The second kappa shape index (κ2) is 5.87. The van der Waals surface area contributed by atoms with Gasteiger partial charge in [0.15, 0.2) is 0 Å². The number of ether oxygens (including phenoxy) is 2. The van der Waals surface area contributed by atoms with Gasteiger partial charge in [-0.25, -0.2) is 0 Å². The molecule has 2 rings (SSSR count). The molecule has 0 amide bonds. The van der Waals surface area contributed by atoms with Gasteiger partial charge in [0.05, 0.1) is 29.7 Å². The number of halogens is 3. The molecule has 1 heterocycles. The van der Waals surface area contributed by atoms with Gasteiger partial charge in [-0.05, 0) is 31.4 Å². The number of alkyl halides is 1. The molecule has 3 unspecified atom stereocenters. The van der Waals surface area contributed by atoms with Crippen LogP contribution in [-0.2, 0) is 4.74 Å². The topological polar surface area (TPSA) is 18.5 Å². The molecule has 1 aromatic rings. The highest BCUT2D eigenvalue weighted by atomic mass is 35.5. The fourth-order valence-electron chi connectivity index (χ4n) is 2.16. The zero-order valence-corrected chi connectivity index (χ0v) is 12.5.